The Hall–Kier alpha value is -1.03. The Morgan fingerprint density at radius 3 is 2.89 bits per heavy atom. The molecule has 3 nitrogen and oxygen atoms in total. The Morgan fingerprint density at radius 2 is 2.21 bits per heavy atom. The number of nitrogens with zero attached hydrogens (tertiary/aromatic N) is 1. The third kappa shape index (κ3) is 1.80. The van der Waals surface area contributed by atoms with E-state index in [4.69, 9.17) is 4.74 Å². The van der Waals surface area contributed by atoms with Gasteiger partial charge in [-0.2, -0.15) is 0 Å². The lowest BCUT2D eigenvalue weighted by Crippen LogP contribution is -2.38. The standard InChI is InChI=1S/C15H16BrNO2/c1-9-7-17(14(18)15-5-11(15)6-15)8-10-2-3-12(16)4-13(10)19-9/h2-4,9,11H,5-8H2,1H3. The fraction of sp³-hybridized carbons (Fsp3) is 0.533. The molecule has 19 heavy (non-hydrogen) atoms. The number of hydrogen-bond donors (Lipinski definition) is 0. The minimum absolute atomic E-state index is 0.0480. The third-order valence-corrected chi connectivity index (χ3v) is 5.08. The number of rotatable bonds is 1. The SMILES string of the molecule is CC1CN(C(=O)C23CC2C3)Cc2ccc(Br)cc2O1. The minimum Gasteiger partial charge on any atom is -0.488 e. The Morgan fingerprint density at radius 1 is 1.47 bits per heavy atom. The molecule has 2 fully saturated rings. The Kier molecular flexibility index (Phi) is 2.32. The minimum atomic E-state index is 0.0480. The van der Waals surface area contributed by atoms with Crippen LogP contribution < -0.4 is 4.74 Å². The second-order valence-corrected chi connectivity index (χ2v) is 7.04. The fourth-order valence-corrected chi connectivity index (χ4v) is 3.46. The number of halogens is 1. The van der Waals surface area contributed by atoms with Gasteiger partial charge >= 0.3 is 0 Å². The second kappa shape index (κ2) is 3.75. The lowest BCUT2D eigenvalue weighted by atomic mass is 10.1. The highest BCUT2D eigenvalue weighted by atomic mass is 79.9. The molecule has 0 bridgehead atoms. The van der Waals surface area contributed by atoms with E-state index in [1.54, 1.807) is 0 Å². The smallest absolute Gasteiger partial charge is 0.229 e. The van der Waals surface area contributed by atoms with Gasteiger partial charge in [-0.1, -0.05) is 22.0 Å². The van der Waals surface area contributed by atoms with Gasteiger partial charge in [-0.3, -0.25) is 4.79 Å². The maximum absolute atomic E-state index is 12.6. The van der Waals surface area contributed by atoms with Crippen molar-refractivity contribution in [3.8, 4) is 5.75 Å². The van der Waals surface area contributed by atoms with Crippen LogP contribution >= 0.6 is 15.9 Å². The van der Waals surface area contributed by atoms with Crippen molar-refractivity contribution in [3.63, 3.8) is 0 Å². The predicted molar refractivity (Wildman–Crippen MR) is 74.8 cm³/mol. The van der Waals surface area contributed by atoms with Crippen LogP contribution in [0.3, 0.4) is 0 Å². The van der Waals surface area contributed by atoms with Crippen LogP contribution in [0.5, 0.6) is 5.75 Å². The molecule has 0 N–H and O–H groups in total. The van der Waals surface area contributed by atoms with Gasteiger partial charge in [-0.05, 0) is 37.8 Å². The van der Waals surface area contributed by atoms with E-state index in [2.05, 4.69) is 15.9 Å². The Bertz CT molecular complexity index is 565. The molecule has 1 atom stereocenters. The summed E-state index contributed by atoms with van der Waals surface area (Å²) in [7, 11) is 0. The van der Waals surface area contributed by atoms with Gasteiger partial charge in [0.15, 0.2) is 0 Å². The molecule has 100 valence electrons. The molecule has 1 aromatic carbocycles. The van der Waals surface area contributed by atoms with E-state index in [-0.39, 0.29) is 11.5 Å². The molecule has 0 saturated heterocycles. The number of amides is 1. The summed E-state index contributed by atoms with van der Waals surface area (Å²) >= 11 is 3.47. The first-order chi connectivity index (χ1) is 9.08. The summed E-state index contributed by atoms with van der Waals surface area (Å²) in [5, 5.41) is 0. The average molecular weight is 322 g/mol. The lowest BCUT2D eigenvalue weighted by molar-refractivity contribution is -0.136. The fourth-order valence-electron chi connectivity index (χ4n) is 3.12. The highest BCUT2D eigenvalue weighted by Crippen LogP contribution is 2.76. The normalized spacial score (nSPS) is 34.7. The Labute approximate surface area is 121 Å². The summed E-state index contributed by atoms with van der Waals surface area (Å²) in [6, 6.07) is 6.05. The molecule has 4 heteroatoms. The van der Waals surface area contributed by atoms with E-state index >= 15 is 0 Å². The van der Waals surface area contributed by atoms with Crippen molar-refractivity contribution in [2.45, 2.75) is 32.4 Å². The summed E-state index contributed by atoms with van der Waals surface area (Å²) in [5.41, 5.74) is 1.16. The molecule has 1 aliphatic heterocycles. The van der Waals surface area contributed by atoms with Gasteiger partial charge in [0.1, 0.15) is 11.9 Å². The number of benzene rings is 1. The third-order valence-electron chi connectivity index (χ3n) is 4.59. The number of fused-ring (bicyclic) bond motifs is 2. The van der Waals surface area contributed by atoms with Crippen molar-refractivity contribution in [2.24, 2.45) is 11.3 Å². The van der Waals surface area contributed by atoms with Crippen molar-refractivity contribution < 1.29 is 9.53 Å². The summed E-state index contributed by atoms with van der Waals surface area (Å²) in [5.74, 6) is 1.95. The van der Waals surface area contributed by atoms with Crippen LogP contribution in [0.1, 0.15) is 25.3 Å². The monoisotopic (exact) mass is 321 g/mol. The molecule has 0 aromatic heterocycles. The molecule has 4 rings (SSSR count). The van der Waals surface area contributed by atoms with Gasteiger partial charge in [0.25, 0.3) is 0 Å². The van der Waals surface area contributed by atoms with Crippen LogP contribution in [0.4, 0.5) is 0 Å². The zero-order valence-electron chi connectivity index (χ0n) is 10.9. The highest BCUT2D eigenvalue weighted by Gasteiger charge is 2.75. The maximum Gasteiger partial charge on any atom is 0.229 e. The zero-order valence-corrected chi connectivity index (χ0v) is 12.4. The quantitative estimate of drug-likeness (QED) is 0.795. The van der Waals surface area contributed by atoms with Gasteiger partial charge in [0.05, 0.1) is 12.0 Å². The number of carbonyl (C=O) groups is 1. The van der Waals surface area contributed by atoms with Gasteiger partial charge in [0, 0.05) is 16.6 Å². The summed E-state index contributed by atoms with van der Waals surface area (Å²) < 4.78 is 6.96. The van der Waals surface area contributed by atoms with Crippen LogP contribution in [-0.4, -0.2) is 23.5 Å². The maximum atomic E-state index is 12.6. The summed E-state index contributed by atoms with van der Waals surface area (Å²) in [6.45, 7) is 3.41. The summed E-state index contributed by atoms with van der Waals surface area (Å²) in [6.07, 6.45) is 2.28. The van der Waals surface area contributed by atoms with Crippen molar-refractivity contribution in [3.05, 3.63) is 28.2 Å². The van der Waals surface area contributed by atoms with Gasteiger partial charge in [0.2, 0.25) is 5.91 Å². The molecule has 1 amide bonds. The van der Waals surface area contributed by atoms with Crippen LogP contribution in [0.25, 0.3) is 0 Å². The second-order valence-electron chi connectivity index (χ2n) is 6.13. The molecular formula is C15H16BrNO2. The number of carbonyl (C=O) groups excluding carboxylic acids is 1. The van der Waals surface area contributed by atoms with Crippen molar-refractivity contribution >= 4 is 21.8 Å². The molecule has 3 aliphatic rings. The van der Waals surface area contributed by atoms with Gasteiger partial charge in [-0.15, -0.1) is 0 Å². The van der Waals surface area contributed by atoms with E-state index in [1.165, 1.54) is 0 Å². The lowest BCUT2D eigenvalue weighted by Gasteiger charge is -2.23. The highest BCUT2D eigenvalue weighted by molar-refractivity contribution is 9.10. The first kappa shape index (κ1) is 11.8. The largest absolute Gasteiger partial charge is 0.488 e. The molecule has 1 heterocycles. The molecule has 2 aliphatic carbocycles. The van der Waals surface area contributed by atoms with Gasteiger partial charge in [-0.25, -0.2) is 0 Å². The van der Waals surface area contributed by atoms with Crippen LogP contribution in [0, 0.1) is 11.3 Å². The van der Waals surface area contributed by atoms with E-state index in [0.717, 1.165) is 28.6 Å². The van der Waals surface area contributed by atoms with E-state index in [0.29, 0.717) is 24.9 Å². The van der Waals surface area contributed by atoms with E-state index < -0.39 is 0 Å². The molecule has 2 saturated carbocycles. The van der Waals surface area contributed by atoms with Crippen LogP contribution in [0.2, 0.25) is 0 Å². The van der Waals surface area contributed by atoms with Gasteiger partial charge < -0.3 is 9.64 Å². The number of ether oxygens (including phenoxy) is 1. The average Bonchev–Trinajstić information content (AvgIpc) is 3.17. The predicted octanol–water partition coefficient (Wildman–Crippen LogP) is 2.97. The van der Waals surface area contributed by atoms with Crippen LogP contribution in [0.15, 0.2) is 22.7 Å². The molecule has 1 unspecified atom stereocenters. The summed E-state index contributed by atoms with van der Waals surface area (Å²) in [4.78, 5) is 14.6. The first-order valence-corrected chi connectivity index (χ1v) is 7.62. The van der Waals surface area contributed by atoms with Crippen molar-refractivity contribution in [1.29, 1.82) is 0 Å². The van der Waals surface area contributed by atoms with E-state index in [9.17, 15) is 4.79 Å². The molecule has 0 radical (unpaired) electrons. The van der Waals surface area contributed by atoms with Crippen molar-refractivity contribution in [1.82, 2.24) is 4.90 Å². The topological polar surface area (TPSA) is 29.5 Å². The Balaban J connectivity index is 1.64. The molecule has 1 aromatic rings. The zero-order chi connectivity index (χ0) is 13.2. The number of hydrogen-bond acceptors (Lipinski definition) is 2. The molecule has 0 spiro atoms. The molecular weight excluding hydrogens is 306 g/mol. The van der Waals surface area contributed by atoms with Crippen LogP contribution in [-0.2, 0) is 11.3 Å². The van der Waals surface area contributed by atoms with Crippen molar-refractivity contribution in [2.75, 3.05) is 6.54 Å². The first-order valence-electron chi connectivity index (χ1n) is 6.83. The van der Waals surface area contributed by atoms with E-state index in [1.807, 2.05) is 30.0 Å².